The Morgan fingerprint density at radius 3 is 0.971 bits per heavy atom. The summed E-state index contributed by atoms with van der Waals surface area (Å²) in [5.41, 5.74) is 21.3. The summed E-state index contributed by atoms with van der Waals surface area (Å²) in [6.07, 6.45) is 31.7. The Hall–Kier alpha value is -15.4. The first-order valence-corrected chi connectivity index (χ1v) is 47.3. The summed E-state index contributed by atoms with van der Waals surface area (Å²) >= 11 is 0. The van der Waals surface area contributed by atoms with Crippen LogP contribution in [-0.2, 0) is 39.3 Å². The standard InChI is InChI=1S/C28H31N7O2.C28H24N6O2.C26H27N7O.C24H24N6O/c36-24-6-10-35(11-7-24)17-19-12-21(15-29-14-19)20-2-5-26-25(13-20)27(33-32-26)28(37)31-22-3-4-23(30-16-22)18-34-8-1-9-34;35-28(31-21-8-9-22(30-16-21)18-34-11-4-12-34)27-25-14-19(7-10-26(25)32-33-27)20-13-24(17-29-15-20)36-23-5-2-1-3-6-23;34-26(29-21-4-5-22(28-15-21)17-33-9-2-10-33)25-23-12-19(3-6-24(23)30-31-25)20-11-18(13-27-14-20)16-32-7-1-8-32;31-24(27-19-7-8-20(26-15-19)16-30-11-2-1-3-12-30)23-21-13-17(6-9-22(21)28-29-23)18-5-4-10-25-14-18/h2-5,12-16,24,36H,1,6-11,17-18H2,(H,31,37)(H,32,33);1-3,5-10,13-17H,4,11-12,18H2,(H,31,35)(H,32,33);3-6,11-15H,1-2,7-10,16-17H2,(H,29,34)(H,30,31);4-10,13-15H,1-3,11-12,16H2,(H,27,31)(H,28,29). The number of carbonyl (C=O) groups is 4. The number of aromatic amines is 4. The van der Waals surface area contributed by atoms with E-state index in [9.17, 15) is 24.3 Å². The first kappa shape index (κ1) is 90.4. The molecule has 23 rings (SSSR count). The van der Waals surface area contributed by atoms with Crippen LogP contribution in [0.4, 0.5) is 22.7 Å². The van der Waals surface area contributed by atoms with Gasteiger partial charge >= 0.3 is 0 Å². The molecule has 138 heavy (non-hydrogen) atoms. The van der Waals surface area contributed by atoms with Gasteiger partial charge < -0.3 is 31.1 Å². The minimum atomic E-state index is -0.296. The fourth-order valence-electron chi connectivity index (χ4n) is 17.6. The van der Waals surface area contributed by atoms with Crippen LogP contribution in [0.2, 0.25) is 0 Å². The molecule has 9 N–H and O–H groups in total. The van der Waals surface area contributed by atoms with E-state index in [1.54, 1.807) is 49.6 Å². The molecule has 0 unspecified atom stereocenters. The molecule has 12 aromatic heterocycles. The van der Waals surface area contributed by atoms with Gasteiger partial charge in [-0.15, -0.1) is 0 Å². The summed E-state index contributed by atoms with van der Waals surface area (Å²) in [5, 5.41) is 53.4. The van der Waals surface area contributed by atoms with Gasteiger partial charge in [0.25, 0.3) is 23.6 Å². The van der Waals surface area contributed by atoms with Crippen molar-refractivity contribution in [3.8, 4) is 56.0 Å². The normalized spacial score (nSPS) is 15.3. The number of ether oxygens (including phenoxy) is 1. The fraction of sp³-hybridized carbons (Fsp3) is 0.264. The van der Waals surface area contributed by atoms with Crippen LogP contribution in [0.25, 0.3) is 88.1 Å². The average Bonchev–Trinajstić information content (AvgIpc) is 1.65. The Labute approximate surface area is 796 Å². The van der Waals surface area contributed by atoms with E-state index in [4.69, 9.17) is 4.74 Å². The first-order chi connectivity index (χ1) is 67.8. The molecule has 0 saturated carbocycles. The zero-order valence-electron chi connectivity index (χ0n) is 76.5. The number of hydrogen-bond acceptors (Lipinski definition) is 24. The van der Waals surface area contributed by atoms with Crippen molar-refractivity contribution < 1.29 is 29.0 Å². The molecule has 6 aliphatic heterocycles. The minimum Gasteiger partial charge on any atom is -0.456 e. The van der Waals surface area contributed by atoms with Crippen molar-refractivity contribution in [2.45, 2.75) is 103 Å². The molecule has 0 bridgehead atoms. The predicted molar refractivity (Wildman–Crippen MR) is 532 cm³/mol. The molecule has 18 heterocycles. The number of benzene rings is 5. The molecule has 5 aromatic carbocycles. The van der Waals surface area contributed by atoms with Gasteiger partial charge in [0, 0.05) is 140 Å². The summed E-state index contributed by atoms with van der Waals surface area (Å²) in [4.78, 5) is 102. The second-order valence-electron chi connectivity index (χ2n) is 35.9. The zero-order chi connectivity index (χ0) is 93.5. The number of nitrogens with zero attached hydrogens (tertiary/aromatic N) is 18. The SMILES string of the molecule is O=C(Nc1ccc(CN2CCC2)nc1)c1n[nH]c2ccc(-c3cncc(CN4CCC(O)CC4)c3)cc12.O=C(Nc1ccc(CN2CCC2)nc1)c1n[nH]c2ccc(-c3cncc(CN4CCC4)c3)cc12.O=C(Nc1ccc(CN2CCC2)nc1)c1n[nH]c2ccc(-c3cncc(Oc4ccccc4)c3)cc12.O=C(Nc1ccc(CN2CCCCC2)nc1)c1n[nH]c2ccc(-c3cccnc3)cc12. The van der Waals surface area contributed by atoms with Crippen molar-refractivity contribution in [2.24, 2.45) is 0 Å². The molecular formula is C106H106N26O6. The topological polar surface area (TPSA) is 383 Å². The van der Waals surface area contributed by atoms with Crippen LogP contribution in [0.3, 0.4) is 0 Å². The second kappa shape index (κ2) is 42.7. The number of amides is 4. The van der Waals surface area contributed by atoms with Gasteiger partial charge in [0.15, 0.2) is 22.8 Å². The van der Waals surface area contributed by atoms with Crippen molar-refractivity contribution >= 4 is 90.0 Å². The van der Waals surface area contributed by atoms with Crippen LogP contribution in [-0.4, -0.2) is 223 Å². The summed E-state index contributed by atoms with van der Waals surface area (Å²) in [6.45, 7) is 18.2. The van der Waals surface area contributed by atoms with E-state index in [2.05, 4.69) is 143 Å². The highest BCUT2D eigenvalue weighted by atomic mass is 16.5. The van der Waals surface area contributed by atoms with Gasteiger partial charge in [0.1, 0.15) is 11.5 Å². The van der Waals surface area contributed by atoms with Crippen molar-refractivity contribution in [2.75, 3.05) is 99.8 Å². The molecule has 0 spiro atoms. The van der Waals surface area contributed by atoms with Crippen molar-refractivity contribution in [3.63, 3.8) is 0 Å². The van der Waals surface area contributed by atoms with Crippen LogP contribution in [0.5, 0.6) is 11.5 Å². The van der Waals surface area contributed by atoms with E-state index in [1.165, 1.54) is 50.5 Å². The number of H-pyrrole nitrogens is 4. The van der Waals surface area contributed by atoms with Gasteiger partial charge in [-0.05, 0) is 284 Å². The number of anilines is 4. The van der Waals surface area contributed by atoms with Gasteiger partial charge in [-0.1, -0.05) is 55.0 Å². The Morgan fingerprint density at radius 2 is 0.630 bits per heavy atom. The number of likely N-dealkylation sites (tertiary alicyclic amines) is 6. The summed E-state index contributed by atoms with van der Waals surface area (Å²) in [7, 11) is 0. The van der Waals surface area contributed by atoms with Gasteiger partial charge in [0.2, 0.25) is 0 Å². The third-order valence-corrected chi connectivity index (χ3v) is 25.9. The number of carbonyl (C=O) groups excluding carboxylic acids is 4. The predicted octanol–water partition coefficient (Wildman–Crippen LogP) is 16.6. The third-order valence-electron chi connectivity index (χ3n) is 25.9. The number of pyridine rings is 8. The monoisotopic (exact) mass is 1840 g/mol. The molecule has 4 amide bonds. The van der Waals surface area contributed by atoms with E-state index in [-0.39, 0.29) is 29.7 Å². The molecule has 17 aromatic rings. The largest absolute Gasteiger partial charge is 0.456 e. The Balaban J connectivity index is 0.000000114. The van der Waals surface area contributed by atoms with E-state index >= 15 is 0 Å². The second-order valence-corrected chi connectivity index (χ2v) is 35.9. The van der Waals surface area contributed by atoms with Crippen molar-refractivity contribution in [3.05, 3.63) is 313 Å². The van der Waals surface area contributed by atoms with E-state index < -0.39 is 0 Å². The molecule has 6 aliphatic rings. The highest BCUT2D eigenvalue weighted by molar-refractivity contribution is 6.14. The van der Waals surface area contributed by atoms with Crippen LogP contribution in [0, 0.1) is 0 Å². The molecule has 0 aliphatic carbocycles. The molecule has 32 heteroatoms. The zero-order valence-corrected chi connectivity index (χ0v) is 76.5. The van der Waals surface area contributed by atoms with E-state index in [0.29, 0.717) is 51.3 Å². The van der Waals surface area contributed by atoms with Crippen molar-refractivity contribution in [1.82, 2.24) is 110 Å². The highest BCUT2D eigenvalue weighted by Gasteiger charge is 2.26. The maximum Gasteiger partial charge on any atom is 0.276 e. The number of rotatable bonds is 26. The number of aliphatic hydroxyl groups excluding tert-OH is 1. The number of fused-ring (bicyclic) bond motifs is 4. The molecular weight excluding hydrogens is 1730 g/mol. The lowest BCUT2D eigenvalue weighted by molar-refractivity contribution is 0.0792. The van der Waals surface area contributed by atoms with Crippen LogP contribution >= 0.6 is 0 Å². The minimum absolute atomic E-state index is 0.181. The van der Waals surface area contributed by atoms with E-state index in [0.717, 1.165) is 253 Å². The number of aliphatic hydroxyl groups is 1. The smallest absolute Gasteiger partial charge is 0.276 e. The number of piperidine rings is 2. The van der Waals surface area contributed by atoms with Crippen LogP contribution in [0.1, 0.15) is 134 Å². The molecule has 0 radical (unpaired) electrons. The Kier molecular flexibility index (Phi) is 27.9. The quantitative estimate of drug-likeness (QED) is 0.0243. The third kappa shape index (κ3) is 22.5. The van der Waals surface area contributed by atoms with Crippen LogP contribution < -0.4 is 26.0 Å². The Morgan fingerprint density at radius 1 is 0.297 bits per heavy atom. The summed E-state index contributed by atoms with van der Waals surface area (Å²) in [5.74, 6) is 0.276. The van der Waals surface area contributed by atoms with Gasteiger partial charge in [-0.3, -0.25) is 109 Å². The van der Waals surface area contributed by atoms with Crippen LogP contribution in [0.15, 0.2) is 256 Å². The molecule has 0 atom stereocenters. The lowest BCUT2D eigenvalue weighted by atomic mass is 10.0. The summed E-state index contributed by atoms with van der Waals surface area (Å²) in [6, 6.07) is 58.8. The molecule has 6 fully saturated rings. The van der Waals surface area contributed by atoms with Gasteiger partial charge in [0.05, 0.1) is 105 Å². The summed E-state index contributed by atoms with van der Waals surface area (Å²) < 4.78 is 5.93. The van der Waals surface area contributed by atoms with Crippen molar-refractivity contribution in [1.29, 1.82) is 0 Å². The van der Waals surface area contributed by atoms with E-state index in [1.807, 2.05) is 195 Å². The first-order valence-electron chi connectivity index (χ1n) is 47.3. The molecule has 6 saturated heterocycles. The highest BCUT2D eigenvalue weighted by Crippen LogP contribution is 2.35. The maximum atomic E-state index is 13.1. The Bertz CT molecular complexity index is 7090. The molecule has 696 valence electrons. The number of hydrogen-bond donors (Lipinski definition) is 9. The number of para-hydroxylation sites is 1. The average molecular weight is 1840 g/mol. The fourth-order valence-corrected chi connectivity index (χ4v) is 17.6. The maximum absolute atomic E-state index is 13.1. The number of aromatic nitrogens is 16. The molecule has 32 nitrogen and oxygen atoms in total. The van der Waals surface area contributed by atoms with Gasteiger partial charge in [-0.2, -0.15) is 20.4 Å². The lowest BCUT2D eigenvalue weighted by Crippen LogP contribution is -2.36. The lowest BCUT2D eigenvalue weighted by Gasteiger charge is -2.30. The van der Waals surface area contributed by atoms with Gasteiger partial charge in [-0.25, -0.2) is 0 Å². The number of nitrogens with one attached hydrogen (secondary N) is 8.